The smallest absolute Gasteiger partial charge is 0.243 e. The van der Waals surface area contributed by atoms with Crippen molar-refractivity contribution < 1.29 is 8.42 Å². The van der Waals surface area contributed by atoms with E-state index in [2.05, 4.69) is 9.71 Å². The number of nitrogens with one attached hydrogen (secondary N) is 1. The van der Waals surface area contributed by atoms with Gasteiger partial charge in [0.25, 0.3) is 0 Å². The Morgan fingerprint density at radius 2 is 2.20 bits per heavy atom. The number of aromatic nitrogens is 1. The summed E-state index contributed by atoms with van der Waals surface area (Å²) in [5.41, 5.74) is 0. The highest BCUT2D eigenvalue weighted by Gasteiger charge is 2.23. The van der Waals surface area contributed by atoms with E-state index in [1.165, 1.54) is 23.6 Å². The largest absolute Gasteiger partial charge is 0.244 e. The molecule has 20 heavy (non-hydrogen) atoms. The summed E-state index contributed by atoms with van der Waals surface area (Å²) < 4.78 is 27.5. The van der Waals surface area contributed by atoms with Gasteiger partial charge >= 0.3 is 0 Å². The summed E-state index contributed by atoms with van der Waals surface area (Å²) >= 11 is 7.40. The maximum Gasteiger partial charge on any atom is 0.244 e. The third-order valence-corrected chi connectivity index (χ3v) is 5.68. The fraction of sp³-hybridized carbons (Fsp3) is 0.308. The number of rotatable bonds is 6. The summed E-state index contributed by atoms with van der Waals surface area (Å²) in [6.45, 7) is 2.02. The molecule has 0 aliphatic carbocycles. The first-order chi connectivity index (χ1) is 9.54. The van der Waals surface area contributed by atoms with E-state index in [4.69, 9.17) is 11.6 Å². The number of hydrogen-bond donors (Lipinski definition) is 1. The molecular formula is C13H15ClN2O2S2. The molecule has 2 aromatic rings. The lowest BCUT2D eigenvalue weighted by Gasteiger charge is -2.17. The van der Waals surface area contributed by atoms with E-state index in [0.717, 1.165) is 17.7 Å². The highest BCUT2D eigenvalue weighted by Crippen LogP contribution is 2.26. The molecule has 0 radical (unpaired) electrons. The topological polar surface area (TPSA) is 59.1 Å². The van der Waals surface area contributed by atoms with Crippen molar-refractivity contribution in [2.75, 3.05) is 0 Å². The minimum absolute atomic E-state index is 0.0126. The third kappa shape index (κ3) is 3.58. The van der Waals surface area contributed by atoms with E-state index >= 15 is 0 Å². The predicted molar refractivity (Wildman–Crippen MR) is 81.5 cm³/mol. The van der Waals surface area contributed by atoms with Gasteiger partial charge in [0.1, 0.15) is 10.0 Å². The van der Waals surface area contributed by atoms with Crippen molar-refractivity contribution in [3.63, 3.8) is 0 Å². The molecule has 0 aliphatic rings. The number of thiophene rings is 1. The van der Waals surface area contributed by atoms with Crippen LogP contribution in [-0.2, 0) is 10.0 Å². The normalized spacial score (nSPS) is 13.3. The van der Waals surface area contributed by atoms with Gasteiger partial charge in [-0.2, -0.15) is 0 Å². The lowest BCUT2D eigenvalue weighted by molar-refractivity contribution is 0.540. The standard InChI is InChI=1S/C13H15ClN2O2S2/c1-2-5-10(11-6-4-9-19-11)16-20(17,18)12-7-3-8-15-13(12)14/h3-4,6-10,16H,2,5H2,1H3. The molecule has 2 heterocycles. The zero-order valence-corrected chi connectivity index (χ0v) is 13.3. The molecule has 0 bridgehead atoms. The highest BCUT2D eigenvalue weighted by atomic mass is 35.5. The van der Waals surface area contributed by atoms with Crippen molar-refractivity contribution in [3.8, 4) is 0 Å². The van der Waals surface area contributed by atoms with E-state index in [9.17, 15) is 8.42 Å². The molecule has 1 N–H and O–H groups in total. The van der Waals surface area contributed by atoms with Gasteiger partial charge in [0, 0.05) is 11.1 Å². The Kier molecular flexibility index (Phi) is 5.15. The Bertz CT molecular complexity index is 657. The maximum atomic E-state index is 12.4. The van der Waals surface area contributed by atoms with E-state index in [1.54, 1.807) is 6.07 Å². The minimum Gasteiger partial charge on any atom is -0.243 e. The minimum atomic E-state index is -3.68. The Balaban J connectivity index is 2.28. The number of pyridine rings is 1. The third-order valence-electron chi connectivity index (χ3n) is 2.78. The Labute approximate surface area is 127 Å². The second-order valence-corrected chi connectivity index (χ2v) is 7.29. The van der Waals surface area contributed by atoms with Crippen molar-refractivity contribution in [3.05, 3.63) is 45.9 Å². The van der Waals surface area contributed by atoms with Gasteiger partial charge in [-0.25, -0.2) is 18.1 Å². The second kappa shape index (κ2) is 6.67. The number of nitrogens with zero attached hydrogens (tertiary/aromatic N) is 1. The van der Waals surface area contributed by atoms with Crippen LogP contribution >= 0.6 is 22.9 Å². The molecule has 0 aliphatic heterocycles. The molecule has 4 nitrogen and oxygen atoms in total. The van der Waals surface area contributed by atoms with Crippen molar-refractivity contribution in [1.29, 1.82) is 0 Å². The second-order valence-electron chi connectivity index (χ2n) is 4.27. The molecule has 2 aromatic heterocycles. The summed E-state index contributed by atoms with van der Waals surface area (Å²) in [7, 11) is -3.68. The molecule has 7 heteroatoms. The van der Waals surface area contributed by atoms with Gasteiger partial charge in [-0.3, -0.25) is 0 Å². The number of sulfonamides is 1. The van der Waals surface area contributed by atoms with E-state index < -0.39 is 10.0 Å². The van der Waals surface area contributed by atoms with Crippen molar-refractivity contribution in [2.24, 2.45) is 0 Å². The molecule has 1 atom stereocenters. The Morgan fingerprint density at radius 1 is 1.40 bits per heavy atom. The number of hydrogen-bond acceptors (Lipinski definition) is 4. The fourth-order valence-corrected chi connectivity index (χ4v) is 4.45. The zero-order chi connectivity index (χ0) is 14.6. The lowest BCUT2D eigenvalue weighted by Crippen LogP contribution is -2.28. The van der Waals surface area contributed by atoms with Crippen molar-refractivity contribution in [2.45, 2.75) is 30.7 Å². The molecule has 0 saturated carbocycles. The van der Waals surface area contributed by atoms with E-state index in [1.807, 2.05) is 24.4 Å². The van der Waals surface area contributed by atoms with Crippen molar-refractivity contribution in [1.82, 2.24) is 9.71 Å². The summed E-state index contributed by atoms with van der Waals surface area (Å²) in [5, 5.41) is 1.92. The molecule has 0 saturated heterocycles. The fourth-order valence-electron chi connectivity index (χ4n) is 1.86. The van der Waals surface area contributed by atoms with Crippen LogP contribution in [0.1, 0.15) is 30.7 Å². The summed E-state index contributed by atoms with van der Waals surface area (Å²) in [6, 6.07) is 6.61. The lowest BCUT2D eigenvalue weighted by atomic mass is 10.1. The molecule has 0 spiro atoms. The van der Waals surface area contributed by atoms with Gasteiger partial charge in [-0.15, -0.1) is 11.3 Å². The van der Waals surface area contributed by atoms with Crippen LogP contribution in [0.25, 0.3) is 0 Å². The SMILES string of the molecule is CCCC(NS(=O)(=O)c1cccnc1Cl)c1cccs1. The zero-order valence-electron chi connectivity index (χ0n) is 10.9. The summed E-state index contributed by atoms with van der Waals surface area (Å²) in [5.74, 6) is 0. The van der Waals surface area contributed by atoms with Crippen LogP contribution in [0.3, 0.4) is 0 Å². The average Bonchev–Trinajstić information content (AvgIpc) is 2.92. The monoisotopic (exact) mass is 330 g/mol. The van der Waals surface area contributed by atoms with Crippen LogP contribution in [0.4, 0.5) is 0 Å². The van der Waals surface area contributed by atoms with Crippen molar-refractivity contribution >= 4 is 33.0 Å². The highest BCUT2D eigenvalue weighted by molar-refractivity contribution is 7.89. The Hall–Kier alpha value is -0.950. The van der Waals surface area contributed by atoms with Gasteiger partial charge in [0.05, 0.1) is 6.04 Å². The molecule has 0 fully saturated rings. The predicted octanol–water partition coefficient (Wildman–Crippen LogP) is 3.62. The first-order valence-corrected chi connectivity index (χ1v) is 8.95. The van der Waals surface area contributed by atoms with Gasteiger partial charge in [-0.1, -0.05) is 31.0 Å². The van der Waals surface area contributed by atoms with Crippen LogP contribution in [0.15, 0.2) is 40.7 Å². The quantitative estimate of drug-likeness (QED) is 0.823. The van der Waals surface area contributed by atoms with Crippen LogP contribution < -0.4 is 4.72 Å². The van der Waals surface area contributed by atoms with Crippen LogP contribution in [0.5, 0.6) is 0 Å². The molecule has 0 amide bonds. The Morgan fingerprint density at radius 3 is 2.80 bits per heavy atom. The van der Waals surface area contributed by atoms with Gasteiger partial charge in [0.2, 0.25) is 10.0 Å². The molecule has 1 unspecified atom stereocenters. The van der Waals surface area contributed by atoms with Crippen LogP contribution in [0.2, 0.25) is 5.15 Å². The van der Waals surface area contributed by atoms with Crippen LogP contribution in [0, 0.1) is 0 Å². The van der Waals surface area contributed by atoms with Gasteiger partial charge in [-0.05, 0) is 30.0 Å². The average molecular weight is 331 g/mol. The maximum absolute atomic E-state index is 12.4. The molecule has 2 rings (SSSR count). The molecular weight excluding hydrogens is 316 g/mol. The number of halogens is 1. The van der Waals surface area contributed by atoms with Gasteiger partial charge < -0.3 is 0 Å². The first-order valence-electron chi connectivity index (χ1n) is 6.21. The summed E-state index contributed by atoms with van der Waals surface area (Å²) in [6.07, 6.45) is 3.08. The van der Waals surface area contributed by atoms with Crippen LogP contribution in [-0.4, -0.2) is 13.4 Å². The molecule has 108 valence electrons. The molecule has 0 aromatic carbocycles. The summed E-state index contributed by atoms with van der Waals surface area (Å²) in [4.78, 5) is 4.82. The van der Waals surface area contributed by atoms with E-state index in [-0.39, 0.29) is 16.1 Å². The van der Waals surface area contributed by atoms with E-state index in [0.29, 0.717) is 0 Å². The van der Waals surface area contributed by atoms with Gasteiger partial charge in [0.15, 0.2) is 0 Å². The first kappa shape index (κ1) is 15.4.